The molecule has 0 bridgehead atoms. The Morgan fingerprint density at radius 1 is 1.45 bits per heavy atom. The van der Waals surface area contributed by atoms with Crippen LogP contribution in [0.5, 0.6) is 0 Å². The number of anilines is 1. The van der Waals surface area contributed by atoms with Crippen LogP contribution >= 0.6 is 23.4 Å². The zero-order valence-electron chi connectivity index (χ0n) is 11.2. The molecule has 0 aliphatic carbocycles. The number of nitrogens with zero attached hydrogens (tertiary/aromatic N) is 2. The van der Waals surface area contributed by atoms with Crippen LogP contribution in [0, 0.1) is 0 Å². The maximum absolute atomic E-state index is 12.0. The van der Waals surface area contributed by atoms with Crippen LogP contribution in [0.15, 0.2) is 29.4 Å². The number of aryl methyl sites for hydroxylation is 1. The summed E-state index contributed by atoms with van der Waals surface area (Å²) in [5.74, 6) is 0.720. The summed E-state index contributed by atoms with van der Waals surface area (Å²) in [5.41, 5.74) is 0.719. The van der Waals surface area contributed by atoms with Crippen LogP contribution in [-0.2, 0) is 11.2 Å². The first-order valence-electron chi connectivity index (χ1n) is 6.23. The van der Waals surface area contributed by atoms with Crippen LogP contribution in [0.4, 0.5) is 5.69 Å². The summed E-state index contributed by atoms with van der Waals surface area (Å²) in [6.07, 6.45) is 0.791. The van der Waals surface area contributed by atoms with Gasteiger partial charge in [-0.15, -0.1) is 5.10 Å². The van der Waals surface area contributed by atoms with Gasteiger partial charge in [0.2, 0.25) is 11.1 Å². The van der Waals surface area contributed by atoms with Crippen LogP contribution in [0.2, 0.25) is 5.02 Å². The molecule has 1 amide bonds. The molecule has 1 unspecified atom stereocenters. The number of hydrogen-bond acceptors (Lipinski definition) is 4. The molecule has 0 aliphatic heterocycles. The van der Waals surface area contributed by atoms with E-state index in [0.29, 0.717) is 10.2 Å². The van der Waals surface area contributed by atoms with Gasteiger partial charge in [0.1, 0.15) is 5.82 Å². The van der Waals surface area contributed by atoms with Crippen molar-refractivity contribution in [2.45, 2.75) is 30.7 Å². The van der Waals surface area contributed by atoms with Crippen molar-refractivity contribution in [1.82, 2.24) is 15.2 Å². The molecule has 0 saturated carbocycles. The third-order valence-corrected chi connectivity index (χ3v) is 3.82. The maximum atomic E-state index is 12.0. The molecule has 2 aromatic rings. The fourth-order valence-corrected chi connectivity index (χ4v) is 2.35. The fraction of sp³-hybridized carbons (Fsp3) is 0.308. The number of benzene rings is 1. The van der Waals surface area contributed by atoms with Crippen LogP contribution in [0.3, 0.4) is 0 Å². The monoisotopic (exact) mass is 310 g/mol. The van der Waals surface area contributed by atoms with Crippen molar-refractivity contribution in [2.24, 2.45) is 0 Å². The first kappa shape index (κ1) is 14.9. The number of hydrogen-bond donors (Lipinski definition) is 2. The van der Waals surface area contributed by atoms with Crippen molar-refractivity contribution < 1.29 is 4.79 Å². The fourth-order valence-electron chi connectivity index (χ4n) is 1.48. The van der Waals surface area contributed by atoms with Crippen LogP contribution in [0.25, 0.3) is 0 Å². The Morgan fingerprint density at radius 3 is 2.75 bits per heavy atom. The number of carbonyl (C=O) groups excluding carboxylic acids is 1. The largest absolute Gasteiger partial charge is 0.325 e. The summed E-state index contributed by atoms with van der Waals surface area (Å²) in [6, 6.07) is 6.99. The Morgan fingerprint density at radius 2 is 2.15 bits per heavy atom. The Balaban J connectivity index is 1.93. The van der Waals surface area contributed by atoms with Gasteiger partial charge in [0.05, 0.1) is 5.25 Å². The molecule has 0 spiro atoms. The van der Waals surface area contributed by atoms with Crippen molar-refractivity contribution in [3.8, 4) is 0 Å². The molecule has 1 aromatic carbocycles. The van der Waals surface area contributed by atoms with Crippen molar-refractivity contribution in [1.29, 1.82) is 0 Å². The summed E-state index contributed by atoms with van der Waals surface area (Å²) in [5, 5.41) is 10.6. The van der Waals surface area contributed by atoms with E-state index < -0.39 is 0 Å². The average Bonchev–Trinajstić information content (AvgIpc) is 2.89. The molecular formula is C13H15ClN4OS. The van der Waals surface area contributed by atoms with Gasteiger partial charge >= 0.3 is 0 Å². The predicted octanol–water partition coefficient (Wildman–Crippen LogP) is 3.14. The molecule has 1 heterocycles. The van der Waals surface area contributed by atoms with Crippen molar-refractivity contribution >= 4 is 35.0 Å². The van der Waals surface area contributed by atoms with Gasteiger partial charge in [0.15, 0.2) is 0 Å². The van der Waals surface area contributed by atoms with Gasteiger partial charge in [-0.25, -0.2) is 4.98 Å². The standard InChI is InChI=1S/C13H15ClN4OS/c1-3-11-16-13(18-17-11)20-8(2)12(19)15-10-6-4-9(14)5-7-10/h4-8H,3H2,1-2H3,(H,15,19)(H,16,17,18). The number of aromatic amines is 1. The molecule has 2 rings (SSSR count). The van der Waals surface area contributed by atoms with Gasteiger partial charge in [-0.2, -0.15) is 0 Å². The summed E-state index contributed by atoms with van der Waals surface area (Å²) >= 11 is 7.12. The number of nitrogens with one attached hydrogen (secondary N) is 2. The lowest BCUT2D eigenvalue weighted by atomic mass is 10.3. The highest BCUT2D eigenvalue weighted by atomic mass is 35.5. The summed E-state index contributed by atoms with van der Waals surface area (Å²) in [6.45, 7) is 3.81. The molecule has 0 saturated heterocycles. The van der Waals surface area contributed by atoms with E-state index >= 15 is 0 Å². The van der Waals surface area contributed by atoms with E-state index in [1.165, 1.54) is 11.8 Å². The molecule has 1 atom stereocenters. The minimum Gasteiger partial charge on any atom is -0.325 e. The second kappa shape index (κ2) is 6.76. The summed E-state index contributed by atoms with van der Waals surface area (Å²) in [4.78, 5) is 16.3. The van der Waals surface area contributed by atoms with E-state index in [0.717, 1.165) is 17.9 Å². The van der Waals surface area contributed by atoms with Gasteiger partial charge in [-0.1, -0.05) is 30.3 Å². The van der Waals surface area contributed by atoms with Crippen molar-refractivity contribution in [3.05, 3.63) is 35.1 Å². The highest BCUT2D eigenvalue weighted by molar-refractivity contribution is 8.00. The first-order valence-corrected chi connectivity index (χ1v) is 7.48. The van der Waals surface area contributed by atoms with E-state index in [1.807, 2.05) is 13.8 Å². The number of amides is 1. The first-order chi connectivity index (χ1) is 9.58. The molecule has 0 aliphatic rings. The minimum atomic E-state index is -0.286. The Kier molecular flexibility index (Phi) is 5.03. The lowest BCUT2D eigenvalue weighted by Crippen LogP contribution is -2.22. The van der Waals surface area contributed by atoms with Crippen molar-refractivity contribution in [2.75, 3.05) is 5.32 Å². The quantitative estimate of drug-likeness (QED) is 0.832. The number of carbonyl (C=O) groups is 1. The number of aromatic nitrogens is 3. The Bertz CT molecular complexity index is 584. The van der Waals surface area contributed by atoms with Gasteiger partial charge in [-0.05, 0) is 31.2 Å². The SMILES string of the molecule is CCc1nc(SC(C)C(=O)Nc2ccc(Cl)cc2)n[nH]1. The molecular weight excluding hydrogens is 296 g/mol. The lowest BCUT2D eigenvalue weighted by Gasteiger charge is -2.10. The second-order valence-electron chi connectivity index (χ2n) is 4.17. The Hall–Kier alpha value is -1.53. The second-order valence-corrected chi connectivity index (χ2v) is 5.92. The molecule has 20 heavy (non-hydrogen) atoms. The summed E-state index contributed by atoms with van der Waals surface area (Å²) < 4.78 is 0. The predicted molar refractivity (Wildman–Crippen MR) is 81.2 cm³/mol. The van der Waals surface area contributed by atoms with E-state index in [4.69, 9.17) is 11.6 Å². The maximum Gasteiger partial charge on any atom is 0.237 e. The van der Waals surface area contributed by atoms with Gasteiger partial charge in [0.25, 0.3) is 0 Å². The summed E-state index contributed by atoms with van der Waals surface area (Å²) in [7, 11) is 0. The Labute approximate surface area is 126 Å². The smallest absolute Gasteiger partial charge is 0.237 e. The normalized spacial score (nSPS) is 12.2. The van der Waals surface area contributed by atoms with Crippen LogP contribution in [0.1, 0.15) is 19.7 Å². The number of H-pyrrole nitrogens is 1. The lowest BCUT2D eigenvalue weighted by molar-refractivity contribution is -0.115. The molecule has 1 aromatic heterocycles. The number of rotatable bonds is 5. The van der Waals surface area contributed by atoms with E-state index in [9.17, 15) is 4.79 Å². The highest BCUT2D eigenvalue weighted by Crippen LogP contribution is 2.21. The van der Waals surface area contributed by atoms with Crippen LogP contribution in [-0.4, -0.2) is 26.3 Å². The topological polar surface area (TPSA) is 70.7 Å². The number of thioether (sulfide) groups is 1. The minimum absolute atomic E-state index is 0.0971. The van der Waals surface area contributed by atoms with E-state index in [-0.39, 0.29) is 11.2 Å². The van der Waals surface area contributed by atoms with E-state index in [1.54, 1.807) is 24.3 Å². The molecule has 2 N–H and O–H groups in total. The molecule has 7 heteroatoms. The third-order valence-electron chi connectivity index (χ3n) is 2.61. The highest BCUT2D eigenvalue weighted by Gasteiger charge is 2.17. The van der Waals surface area contributed by atoms with Crippen molar-refractivity contribution in [3.63, 3.8) is 0 Å². The van der Waals surface area contributed by atoms with Gasteiger partial charge < -0.3 is 5.32 Å². The third kappa shape index (κ3) is 3.98. The zero-order valence-corrected chi connectivity index (χ0v) is 12.8. The van der Waals surface area contributed by atoms with E-state index in [2.05, 4.69) is 20.5 Å². The molecule has 0 fully saturated rings. The molecule has 106 valence electrons. The van der Waals surface area contributed by atoms with Gasteiger partial charge in [-0.3, -0.25) is 9.89 Å². The average molecular weight is 311 g/mol. The zero-order chi connectivity index (χ0) is 14.5. The van der Waals surface area contributed by atoms with Crippen LogP contribution < -0.4 is 5.32 Å². The number of halogens is 1. The van der Waals surface area contributed by atoms with Gasteiger partial charge in [0, 0.05) is 17.1 Å². The molecule has 5 nitrogen and oxygen atoms in total. The molecule has 0 radical (unpaired) electrons.